The van der Waals surface area contributed by atoms with E-state index >= 15 is 0 Å². The molecule has 1 heterocycles. The van der Waals surface area contributed by atoms with Crippen molar-refractivity contribution in [2.45, 2.75) is 37.3 Å². The number of carbonyl (C=O) groups excluding carboxylic acids is 1. The molecule has 0 saturated heterocycles. The standard InChI is InChI=1S/C28H28N2O3S/c31-19-25-18-29-28(34-21-27(32)33-20-22-10-4-1-5-11-22)30(25)17-16-26(23-12-6-2-7-13-23)24-14-8-3-9-15-24/h1-15,18,26,31H,16-17,19-21H2. The van der Waals surface area contributed by atoms with E-state index in [0.717, 1.165) is 17.7 Å². The van der Waals surface area contributed by atoms with Gasteiger partial charge in [0, 0.05) is 12.5 Å². The number of aliphatic hydroxyl groups excluding tert-OH is 1. The number of nitrogens with zero attached hydrogens (tertiary/aromatic N) is 2. The topological polar surface area (TPSA) is 64.3 Å². The molecule has 1 N–H and O–H groups in total. The van der Waals surface area contributed by atoms with Crippen molar-refractivity contribution in [2.75, 3.05) is 5.75 Å². The van der Waals surface area contributed by atoms with E-state index in [1.807, 2.05) is 47.0 Å². The molecule has 0 bridgehead atoms. The van der Waals surface area contributed by atoms with Crippen molar-refractivity contribution in [2.24, 2.45) is 0 Å². The number of aromatic nitrogens is 2. The zero-order chi connectivity index (χ0) is 23.6. The summed E-state index contributed by atoms with van der Waals surface area (Å²) in [6.45, 7) is 0.825. The molecule has 5 nitrogen and oxygen atoms in total. The maximum Gasteiger partial charge on any atom is 0.316 e. The SMILES string of the molecule is O=C(CSc1ncc(CO)n1CCC(c1ccccc1)c1ccccc1)OCc1ccccc1. The minimum atomic E-state index is -0.291. The Hall–Kier alpha value is -3.35. The van der Waals surface area contributed by atoms with Gasteiger partial charge in [-0.1, -0.05) is 103 Å². The fraction of sp³-hybridized carbons (Fsp3) is 0.214. The third-order valence-corrected chi connectivity index (χ3v) is 6.63. The van der Waals surface area contributed by atoms with Crippen molar-refractivity contribution in [1.82, 2.24) is 9.55 Å². The number of hydrogen-bond donors (Lipinski definition) is 1. The largest absolute Gasteiger partial charge is 0.460 e. The number of ether oxygens (including phenoxy) is 1. The molecule has 0 atom stereocenters. The van der Waals surface area contributed by atoms with Gasteiger partial charge in [-0.2, -0.15) is 0 Å². The first kappa shape index (κ1) is 23.8. The van der Waals surface area contributed by atoms with Crippen molar-refractivity contribution in [3.63, 3.8) is 0 Å². The monoisotopic (exact) mass is 472 g/mol. The predicted octanol–water partition coefficient (Wildman–Crippen LogP) is 5.43. The van der Waals surface area contributed by atoms with E-state index in [2.05, 4.69) is 53.5 Å². The average molecular weight is 473 g/mol. The summed E-state index contributed by atoms with van der Waals surface area (Å²) < 4.78 is 7.40. The van der Waals surface area contributed by atoms with Gasteiger partial charge in [0.25, 0.3) is 0 Å². The van der Waals surface area contributed by atoms with Crippen LogP contribution in [0.3, 0.4) is 0 Å². The molecule has 4 aromatic rings. The summed E-state index contributed by atoms with van der Waals surface area (Å²) in [7, 11) is 0. The Morgan fingerprint density at radius 1 is 0.912 bits per heavy atom. The van der Waals surface area contributed by atoms with Crippen molar-refractivity contribution < 1.29 is 14.6 Å². The highest BCUT2D eigenvalue weighted by atomic mass is 32.2. The Labute approximate surface area is 204 Å². The van der Waals surface area contributed by atoms with Gasteiger partial charge < -0.3 is 14.4 Å². The lowest BCUT2D eigenvalue weighted by Gasteiger charge is -2.20. The van der Waals surface area contributed by atoms with E-state index in [1.165, 1.54) is 22.9 Å². The molecule has 1 aromatic heterocycles. The second-order valence-electron chi connectivity index (χ2n) is 7.94. The molecule has 0 aliphatic rings. The number of rotatable bonds is 11. The number of esters is 1. The van der Waals surface area contributed by atoms with Gasteiger partial charge in [-0.05, 0) is 23.1 Å². The molecule has 174 valence electrons. The fourth-order valence-electron chi connectivity index (χ4n) is 3.93. The Kier molecular flexibility index (Phi) is 8.54. The third kappa shape index (κ3) is 6.37. The molecule has 0 fully saturated rings. The van der Waals surface area contributed by atoms with Crippen molar-refractivity contribution in [1.29, 1.82) is 0 Å². The molecule has 0 unspecified atom stereocenters. The quantitative estimate of drug-likeness (QED) is 0.233. The summed E-state index contributed by atoms with van der Waals surface area (Å²) in [6.07, 6.45) is 2.51. The van der Waals surface area contributed by atoms with Crippen LogP contribution in [0.2, 0.25) is 0 Å². The van der Waals surface area contributed by atoms with E-state index < -0.39 is 0 Å². The Balaban J connectivity index is 1.42. The second-order valence-corrected chi connectivity index (χ2v) is 8.88. The van der Waals surface area contributed by atoms with Crippen molar-refractivity contribution >= 4 is 17.7 Å². The van der Waals surface area contributed by atoms with Crippen LogP contribution in [0.4, 0.5) is 0 Å². The molecule has 0 amide bonds. The number of carbonyl (C=O) groups is 1. The number of thioether (sulfide) groups is 1. The zero-order valence-corrected chi connectivity index (χ0v) is 19.7. The molecule has 3 aromatic carbocycles. The average Bonchev–Trinajstić information content (AvgIpc) is 3.30. The molecule has 0 radical (unpaired) electrons. The highest BCUT2D eigenvalue weighted by Crippen LogP contribution is 2.30. The predicted molar refractivity (Wildman–Crippen MR) is 134 cm³/mol. The highest BCUT2D eigenvalue weighted by Gasteiger charge is 2.18. The van der Waals surface area contributed by atoms with E-state index in [4.69, 9.17) is 4.74 Å². The van der Waals surface area contributed by atoms with Gasteiger partial charge in [-0.3, -0.25) is 4.79 Å². The molecule has 0 aliphatic carbocycles. The van der Waals surface area contributed by atoms with Crippen LogP contribution in [0.5, 0.6) is 0 Å². The summed E-state index contributed by atoms with van der Waals surface area (Å²) in [5.74, 6) is 0.0839. The summed E-state index contributed by atoms with van der Waals surface area (Å²) in [5.41, 5.74) is 4.19. The van der Waals surface area contributed by atoms with Gasteiger partial charge in [0.15, 0.2) is 5.16 Å². The normalized spacial score (nSPS) is 11.0. The molecular formula is C28H28N2O3S. The van der Waals surface area contributed by atoms with Crippen LogP contribution < -0.4 is 0 Å². The maximum absolute atomic E-state index is 12.3. The van der Waals surface area contributed by atoms with Crippen LogP contribution in [0.1, 0.15) is 34.7 Å². The smallest absolute Gasteiger partial charge is 0.316 e. The molecule has 6 heteroatoms. The summed E-state index contributed by atoms with van der Waals surface area (Å²) in [4.78, 5) is 16.7. The van der Waals surface area contributed by atoms with Gasteiger partial charge in [-0.25, -0.2) is 4.98 Å². The van der Waals surface area contributed by atoms with Gasteiger partial charge in [0.1, 0.15) is 6.61 Å². The Bertz CT molecular complexity index is 1120. The van der Waals surface area contributed by atoms with E-state index in [9.17, 15) is 9.90 Å². The lowest BCUT2D eigenvalue weighted by Crippen LogP contribution is -2.12. The van der Waals surface area contributed by atoms with Crippen LogP contribution in [-0.4, -0.2) is 26.4 Å². The molecule has 0 spiro atoms. The zero-order valence-electron chi connectivity index (χ0n) is 18.9. The van der Waals surface area contributed by atoms with Crippen LogP contribution in [0, 0.1) is 0 Å². The summed E-state index contributed by atoms with van der Waals surface area (Å²) in [5, 5.41) is 10.6. The fourth-order valence-corrected chi connectivity index (χ4v) is 4.75. The van der Waals surface area contributed by atoms with Gasteiger partial charge in [0.2, 0.25) is 0 Å². The molecule has 34 heavy (non-hydrogen) atoms. The van der Waals surface area contributed by atoms with Crippen molar-refractivity contribution in [3.8, 4) is 0 Å². The Morgan fingerprint density at radius 2 is 1.50 bits per heavy atom. The molecule has 4 rings (SSSR count). The third-order valence-electron chi connectivity index (χ3n) is 5.67. The lowest BCUT2D eigenvalue weighted by atomic mass is 9.88. The molecular weight excluding hydrogens is 444 g/mol. The number of aliphatic hydroxyl groups is 1. The second kappa shape index (κ2) is 12.2. The van der Waals surface area contributed by atoms with Crippen LogP contribution >= 0.6 is 11.8 Å². The van der Waals surface area contributed by atoms with Gasteiger partial charge in [-0.15, -0.1) is 0 Å². The van der Waals surface area contributed by atoms with Crippen molar-refractivity contribution in [3.05, 3.63) is 120 Å². The first-order valence-electron chi connectivity index (χ1n) is 11.3. The minimum Gasteiger partial charge on any atom is -0.460 e. The van der Waals surface area contributed by atoms with Crippen LogP contribution in [0.15, 0.2) is 102 Å². The van der Waals surface area contributed by atoms with Crippen LogP contribution in [-0.2, 0) is 29.3 Å². The van der Waals surface area contributed by atoms with Gasteiger partial charge >= 0.3 is 5.97 Å². The first-order chi connectivity index (χ1) is 16.7. The van der Waals surface area contributed by atoms with E-state index in [-0.39, 0.29) is 30.9 Å². The summed E-state index contributed by atoms with van der Waals surface area (Å²) in [6, 6.07) is 30.5. The number of imidazole rings is 1. The lowest BCUT2D eigenvalue weighted by molar-refractivity contribution is -0.141. The molecule has 0 saturated carbocycles. The maximum atomic E-state index is 12.3. The van der Waals surface area contributed by atoms with E-state index in [1.54, 1.807) is 6.20 Å². The van der Waals surface area contributed by atoms with Crippen LogP contribution in [0.25, 0.3) is 0 Å². The first-order valence-corrected chi connectivity index (χ1v) is 12.3. The minimum absolute atomic E-state index is 0.104. The Morgan fingerprint density at radius 3 is 2.09 bits per heavy atom. The summed E-state index contributed by atoms with van der Waals surface area (Å²) >= 11 is 1.34. The highest BCUT2D eigenvalue weighted by molar-refractivity contribution is 7.99. The molecule has 0 aliphatic heterocycles. The number of hydrogen-bond acceptors (Lipinski definition) is 5. The van der Waals surface area contributed by atoms with Gasteiger partial charge in [0.05, 0.1) is 24.3 Å². The van der Waals surface area contributed by atoms with E-state index in [0.29, 0.717) is 11.7 Å². The number of benzene rings is 3.